The second kappa shape index (κ2) is 6.58. The average Bonchev–Trinajstić information content (AvgIpc) is 3.22. The zero-order chi connectivity index (χ0) is 19.1. The molecule has 0 fully saturated rings. The van der Waals surface area contributed by atoms with Crippen molar-refractivity contribution in [3.8, 4) is 17.2 Å². The van der Waals surface area contributed by atoms with E-state index in [-0.39, 0.29) is 38.2 Å². The number of nitrogens with zero attached hydrogens (tertiary/aromatic N) is 3. The predicted octanol–water partition coefficient (Wildman–Crippen LogP) is 2.55. The maximum Gasteiger partial charge on any atom is 0.220 e. The molecule has 10 heteroatoms. The Bertz CT molecular complexity index is 1090. The van der Waals surface area contributed by atoms with E-state index < -0.39 is 15.6 Å². The number of aryl methyl sites for hydroxylation is 1. The fourth-order valence-corrected chi connectivity index (χ4v) is 3.82. The van der Waals surface area contributed by atoms with Crippen LogP contribution in [-0.2, 0) is 16.4 Å². The van der Waals surface area contributed by atoms with Crippen LogP contribution in [0.15, 0.2) is 40.2 Å². The molecule has 0 saturated carbocycles. The van der Waals surface area contributed by atoms with E-state index in [9.17, 15) is 18.3 Å². The number of hydrogen-bond acceptors (Lipinski definition) is 7. The van der Waals surface area contributed by atoms with Crippen LogP contribution in [0.3, 0.4) is 0 Å². The van der Waals surface area contributed by atoms with Gasteiger partial charge in [-0.2, -0.15) is 5.10 Å². The van der Waals surface area contributed by atoms with Crippen LogP contribution in [0.5, 0.6) is 5.88 Å². The molecule has 0 aliphatic heterocycles. The van der Waals surface area contributed by atoms with Crippen LogP contribution in [0, 0.1) is 0 Å². The summed E-state index contributed by atoms with van der Waals surface area (Å²) in [6.07, 6.45) is 4.69. The van der Waals surface area contributed by atoms with Gasteiger partial charge in [0.2, 0.25) is 11.7 Å². The molecule has 1 aromatic carbocycles. The van der Waals surface area contributed by atoms with Crippen LogP contribution in [0.2, 0.25) is 5.02 Å². The highest BCUT2D eigenvalue weighted by molar-refractivity contribution is 7.90. The van der Waals surface area contributed by atoms with Crippen LogP contribution in [0.4, 0.5) is 0 Å². The van der Waals surface area contributed by atoms with Crippen LogP contribution in [0.25, 0.3) is 11.3 Å². The van der Waals surface area contributed by atoms with E-state index in [0.717, 1.165) is 12.6 Å². The number of aromatic hydroxyl groups is 1. The van der Waals surface area contributed by atoms with Gasteiger partial charge in [-0.05, 0) is 19.1 Å². The lowest BCUT2D eigenvalue weighted by Crippen LogP contribution is -2.07. The SMILES string of the molecule is CCn1ncc(C(=O)c2ccc(S(C)(=O)=O)c(-c3cnco3)c2Cl)c1O. The van der Waals surface area contributed by atoms with Gasteiger partial charge in [-0.15, -0.1) is 0 Å². The number of aromatic nitrogens is 3. The smallest absolute Gasteiger partial charge is 0.220 e. The second-order valence-electron chi connectivity index (χ2n) is 5.46. The summed E-state index contributed by atoms with van der Waals surface area (Å²) in [5.41, 5.74) is 0.0145. The van der Waals surface area contributed by atoms with Gasteiger partial charge in [-0.3, -0.25) is 4.79 Å². The quantitative estimate of drug-likeness (QED) is 0.660. The molecule has 136 valence electrons. The lowest BCUT2D eigenvalue weighted by molar-refractivity contribution is 0.103. The third kappa shape index (κ3) is 2.99. The van der Waals surface area contributed by atoms with Gasteiger partial charge < -0.3 is 9.52 Å². The molecular formula is C16H14ClN3O5S. The van der Waals surface area contributed by atoms with Gasteiger partial charge in [0.25, 0.3) is 0 Å². The maximum atomic E-state index is 12.8. The maximum absolute atomic E-state index is 12.8. The Kier molecular flexibility index (Phi) is 4.59. The zero-order valence-electron chi connectivity index (χ0n) is 13.8. The van der Waals surface area contributed by atoms with Gasteiger partial charge >= 0.3 is 0 Å². The highest BCUT2D eigenvalue weighted by atomic mass is 35.5. The molecule has 2 heterocycles. The summed E-state index contributed by atoms with van der Waals surface area (Å²) in [7, 11) is -3.65. The summed E-state index contributed by atoms with van der Waals surface area (Å²) in [5.74, 6) is -0.770. The van der Waals surface area contributed by atoms with Gasteiger partial charge in [-0.25, -0.2) is 18.1 Å². The van der Waals surface area contributed by atoms with Crippen molar-refractivity contribution in [2.45, 2.75) is 18.4 Å². The van der Waals surface area contributed by atoms with Crippen molar-refractivity contribution in [1.29, 1.82) is 0 Å². The van der Waals surface area contributed by atoms with Crippen molar-refractivity contribution in [3.05, 3.63) is 47.1 Å². The molecule has 0 amide bonds. The van der Waals surface area contributed by atoms with Gasteiger partial charge in [0.05, 0.1) is 27.9 Å². The zero-order valence-corrected chi connectivity index (χ0v) is 15.4. The Morgan fingerprint density at radius 3 is 2.58 bits per heavy atom. The molecule has 0 aliphatic carbocycles. The molecular weight excluding hydrogens is 382 g/mol. The normalized spacial score (nSPS) is 11.7. The van der Waals surface area contributed by atoms with Crippen molar-refractivity contribution in [2.75, 3.05) is 6.26 Å². The fourth-order valence-electron chi connectivity index (χ4n) is 2.53. The third-order valence-electron chi connectivity index (χ3n) is 3.78. The van der Waals surface area contributed by atoms with E-state index in [1.807, 2.05) is 0 Å². The average molecular weight is 396 g/mol. The Morgan fingerprint density at radius 2 is 2.04 bits per heavy atom. The Morgan fingerprint density at radius 1 is 1.31 bits per heavy atom. The first kappa shape index (κ1) is 18.2. The fraction of sp³-hybridized carbons (Fsp3) is 0.188. The molecule has 2 aromatic heterocycles. The first-order chi connectivity index (χ1) is 12.3. The summed E-state index contributed by atoms with van der Waals surface area (Å²) >= 11 is 6.37. The van der Waals surface area contributed by atoms with Crippen molar-refractivity contribution in [1.82, 2.24) is 14.8 Å². The third-order valence-corrected chi connectivity index (χ3v) is 5.31. The van der Waals surface area contributed by atoms with E-state index in [4.69, 9.17) is 16.0 Å². The first-order valence-electron chi connectivity index (χ1n) is 7.46. The second-order valence-corrected chi connectivity index (χ2v) is 7.83. The number of sulfone groups is 1. The van der Waals surface area contributed by atoms with Crippen LogP contribution in [0.1, 0.15) is 22.8 Å². The van der Waals surface area contributed by atoms with E-state index in [1.54, 1.807) is 6.92 Å². The Balaban J connectivity index is 2.23. The molecule has 0 radical (unpaired) electrons. The minimum absolute atomic E-state index is 0.0106. The predicted molar refractivity (Wildman–Crippen MR) is 93.1 cm³/mol. The van der Waals surface area contributed by atoms with E-state index in [1.165, 1.54) is 29.2 Å². The summed E-state index contributed by atoms with van der Waals surface area (Å²) < 4.78 is 30.6. The molecule has 0 spiro atoms. The summed E-state index contributed by atoms with van der Waals surface area (Å²) in [6.45, 7) is 2.14. The number of halogens is 1. The lowest BCUT2D eigenvalue weighted by atomic mass is 10.0. The van der Waals surface area contributed by atoms with Crippen LogP contribution >= 0.6 is 11.6 Å². The minimum Gasteiger partial charge on any atom is -0.493 e. The number of rotatable bonds is 5. The topological polar surface area (TPSA) is 115 Å². The largest absolute Gasteiger partial charge is 0.493 e. The number of benzene rings is 1. The molecule has 0 aliphatic rings. The number of ketones is 1. The molecule has 0 bridgehead atoms. The molecule has 0 unspecified atom stereocenters. The van der Waals surface area contributed by atoms with E-state index in [0.29, 0.717) is 6.54 Å². The molecule has 0 saturated heterocycles. The molecule has 3 aromatic rings. The van der Waals surface area contributed by atoms with Gasteiger partial charge in [0.1, 0.15) is 5.56 Å². The van der Waals surface area contributed by atoms with E-state index >= 15 is 0 Å². The number of carbonyl (C=O) groups is 1. The Labute approximate surface area is 154 Å². The van der Waals surface area contributed by atoms with Crippen molar-refractivity contribution in [3.63, 3.8) is 0 Å². The Hall–Kier alpha value is -2.65. The number of oxazole rings is 1. The van der Waals surface area contributed by atoms with Crippen molar-refractivity contribution < 1.29 is 22.7 Å². The van der Waals surface area contributed by atoms with Gasteiger partial charge in [0.15, 0.2) is 22.0 Å². The molecule has 8 nitrogen and oxygen atoms in total. The summed E-state index contributed by atoms with van der Waals surface area (Å²) in [5, 5.41) is 13.9. The summed E-state index contributed by atoms with van der Waals surface area (Å²) in [6, 6.07) is 2.57. The summed E-state index contributed by atoms with van der Waals surface area (Å²) in [4.78, 5) is 16.5. The molecule has 3 rings (SSSR count). The highest BCUT2D eigenvalue weighted by Crippen LogP contribution is 2.38. The standard InChI is InChI=1S/C16H14ClN3O5S/c1-3-20-16(22)10(6-19-20)15(21)9-4-5-12(26(2,23)24)13(14(9)17)11-7-18-8-25-11/h4-8,22H,3H2,1-2H3. The number of hydrogen-bond donors (Lipinski definition) is 1. The highest BCUT2D eigenvalue weighted by Gasteiger charge is 2.27. The van der Waals surface area contributed by atoms with Crippen LogP contribution < -0.4 is 0 Å². The molecule has 1 N–H and O–H groups in total. The lowest BCUT2D eigenvalue weighted by Gasteiger charge is -2.11. The monoisotopic (exact) mass is 395 g/mol. The van der Waals surface area contributed by atoms with Crippen LogP contribution in [-0.4, -0.2) is 40.3 Å². The van der Waals surface area contributed by atoms with Crippen molar-refractivity contribution >= 4 is 27.2 Å². The molecule has 26 heavy (non-hydrogen) atoms. The van der Waals surface area contributed by atoms with Gasteiger partial charge in [0, 0.05) is 18.4 Å². The van der Waals surface area contributed by atoms with E-state index in [2.05, 4.69) is 10.1 Å². The minimum atomic E-state index is -3.65. The number of carbonyl (C=O) groups excluding carboxylic acids is 1. The first-order valence-corrected chi connectivity index (χ1v) is 9.73. The van der Waals surface area contributed by atoms with Gasteiger partial charge in [-0.1, -0.05) is 11.6 Å². The molecule has 0 atom stereocenters. The van der Waals surface area contributed by atoms with Crippen molar-refractivity contribution in [2.24, 2.45) is 0 Å².